The predicted octanol–water partition coefficient (Wildman–Crippen LogP) is 2.31. The first-order valence-corrected chi connectivity index (χ1v) is 4.75. The van der Waals surface area contributed by atoms with Crippen molar-refractivity contribution in [3.63, 3.8) is 0 Å². The topological polar surface area (TPSA) is 14.1 Å². The van der Waals surface area contributed by atoms with E-state index in [0.29, 0.717) is 5.92 Å². The molecule has 1 aromatic carbocycles. The van der Waals surface area contributed by atoms with Crippen LogP contribution in [0.1, 0.15) is 24.3 Å². The molecule has 13 heavy (non-hydrogen) atoms. The molecule has 1 nitrogen and oxygen atoms in total. The number of halogens is 1. The SMILES string of the molecule is Fc1ccccc1[C@@H]1CCC[N]C1. The van der Waals surface area contributed by atoms with E-state index < -0.39 is 0 Å². The number of nitrogens with zero attached hydrogens (tertiary/aromatic N) is 1. The zero-order valence-electron chi connectivity index (χ0n) is 7.54. The summed E-state index contributed by atoms with van der Waals surface area (Å²) >= 11 is 0. The summed E-state index contributed by atoms with van der Waals surface area (Å²) in [7, 11) is 0. The molecule has 0 unspecified atom stereocenters. The molecule has 0 saturated carbocycles. The number of benzene rings is 1. The van der Waals surface area contributed by atoms with Gasteiger partial charge in [0, 0.05) is 19.0 Å². The van der Waals surface area contributed by atoms with Crippen molar-refractivity contribution >= 4 is 0 Å². The van der Waals surface area contributed by atoms with E-state index in [1.54, 1.807) is 6.07 Å². The Hall–Kier alpha value is -0.890. The molecule has 0 amide bonds. The van der Waals surface area contributed by atoms with E-state index >= 15 is 0 Å². The van der Waals surface area contributed by atoms with Gasteiger partial charge in [-0.3, -0.25) is 0 Å². The third-order valence-corrected chi connectivity index (χ3v) is 2.56. The molecule has 1 atom stereocenters. The minimum atomic E-state index is -0.0791. The van der Waals surface area contributed by atoms with Gasteiger partial charge >= 0.3 is 0 Å². The highest BCUT2D eigenvalue weighted by Crippen LogP contribution is 2.25. The molecule has 2 heteroatoms. The van der Waals surface area contributed by atoms with Crippen LogP contribution in [0.2, 0.25) is 0 Å². The second kappa shape index (κ2) is 3.88. The maximum absolute atomic E-state index is 13.3. The molecular weight excluding hydrogens is 165 g/mol. The molecule has 1 radical (unpaired) electrons. The molecule has 69 valence electrons. The summed E-state index contributed by atoms with van der Waals surface area (Å²) in [5, 5.41) is 4.31. The third kappa shape index (κ3) is 1.89. The van der Waals surface area contributed by atoms with Gasteiger partial charge in [-0.05, 0) is 24.5 Å². The van der Waals surface area contributed by atoms with Gasteiger partial charge in [0.2, 0.25) is 0 Å². The zero-order valence-corrected chi connectivity index (χ0v) is 7.54. The molecule has 1 saturated heterocycles. The Morgan fingerprint density at radius 1 is 1.31 bits per heavy atom. The fourth-order valence-corrected chi connectivity index (χ4v) is 1.85. The highest BCUT2D eigenvalue weighted by atomic mass is 19.1. The Bertz CT molecular complexity index is 279. The van der Waals surface area contributed by atoms with E-state index in [1.165, 1.54) is 6.07 Å². The maximum atomic E-state index is 13.3. The standard InChI is InChI=1S/C11H13FN/c12-11-6-2-1-5-10(11)9-4-3-7-13-8-9/h1-2,5-6,9H,3-4,7-8H2/t9-/m1/s1. The van der Waals surface area contributed by atoms with E-state index in [9.17, 15) is 4.39 Å². The lowest BCUT2D eigenvalue weighted by Gasteiger charge is -2.21. The fourth-order valence-electron chi connectivity index (χ4n) is 1.85. The van der Waals surface area contributed by atoms with Crippen molar-refractivity contribution in [2.24, 2.45) is 0 Å². The molecule has 1 aliphatic heterocycles. The predicted molar refractivity (Wildman–Crippen MR) is 50.2 cm³/mol. The van der Waals surface area contributed by atoms with E-state index in [2.05, 4.69) is 5.32 Å². The molecule has 1 aliphatic rings. The van der Waals surface area contributed by atoms with Gasteiger partial charge in [0.15, 0.2) is 0 Å². The van der Waals surface area contributed by atoms with Crippen LogP contribution in [-0.2, 0) is 0 Å². The van der Waals surface area contributed by atoms with Gasteiger partial charge in [-0.2, -0.15) is 0 Å². The van der Waals surface area contributed by atoms with Crippen molar-refractivity contribution < 1.29 is 4.39 Å². The van der Waals surface area contributed by atoms with Crippen molar-refractivity contribution in [1.29, 1.82) is 0 Å². The minimum Gasteiger partial charge on any atom is -0.241 e. The molecule has 1 heterocycles. The van der Waals surface area contributed by atoms with Crippen LogP contribution in [0.25, 0.3) is 0 Å². The first-order valence-electron chi connectivity index (χ1n) is 4.75. The molecule has 0 bridgehead atoms. The smallest absolute Gasteiger partial charge is 0.126 e. The summed E-state index contributed by atoms with van der Waals surface area (Å²) in [4.78, 5) is 0. The second-order valence-electron chi connectivity index (χ2n) is 3.49. The van der Waals surface area contributed by atoms with E-state index in [0.717, 1.165) is 31.5 Å². The molecule has 0 N–H and O–H groups in total. The van der Waals surface area contributed by atoms with Crippen LogP contribution in [0.4, 0.5) is 4.39 Å². The van der Waals surface area contributed by atoms with Gasteiger partial charge in [0.25, 0.3) is 0 Å². The van der Waals surface area contributed by atoms with Gasteiger partial charge in [-0.1, -0.05) is 18.2 Å². The molecular formula is C11H13FN. The fraction of sp³-hybridized carbons (Fsp3) is 0.455. The zero-order chi connectivity index (χ0) is 9.10. The molecule has 1 fully saturated rings. The summed E-state index contributed by atoms with van der Waals surface area (Å²) < 4.78 is 13.3. The number of rotatable bonds is 1. The molecule has 0 aliphatic carbocycles. The summed E-state index contributed by atoms with van der Waals surface area (Å²) in [6.45, 7) is 1.74. The molecule has 0 spiro atoms. The third-order valence-electron chi connectivity index (χ3n) is 2.56. The molecule has 1 aromatic rings. The van der Waals surface area contributed by atoms with E-state index in [-0.39, 0.29) is 5.82 Å². The summed E-state index contributed by atoms with van der Waals surface area (Å²) in [6, 6.07) is 7.04. The summed E-state index contributed by atoms with van der Waals surface area (Å²) in [5.41, 5.74) is 0.839. The number of piperidine rings is 1. The lowest BCUT2D eigenvalue weighted by molar-refractivity contribution is 0.440. The van der Waals surface area contributed by atoms with E-state index in [1.807, 2.05) is 12.1 Å². The first-order chi connectivity index (χ1) is 6.38. The normalized spacial score (nSPS) is 23.0. The lowest BCUT2D eigenvalue weighted by atomic mass is 9.91. The monoisotopic (exact) mass is 178 g/mol. The Labute approximate surface area is 78.0 Å². The van der Waals surface area contributed by atoms with Crippen molar-refractivity contribution in [3.05, 3.63) is 35.6 Å². The first kappa shape index (κ1) is 8.70. The largest absolute Gasteiger partial charge is 0.241 e. The van der Waals surface area contributed by atoms with Gasteiger partial charge in [0.05, 0.1) is 0 Å². The second-order valence-corrected chi connectivity index (χ2v) is 3.49. The van der Waals surface area contributed by atoms with Gasteiger partial charge < -0.3 is 0 Å². The Balaban J connectivity index is 2.18. The van der Waals surface area contributed by atoms with Crippen LogP contribution in [-0.4, -0.2) is 13.1 Å². The Morgan fingerprint density at radius 3 is 2.85 bits per heavy atom. The highest BCUT2D eigenvalue weighted by molar-refractivity contribution is 5.22. The van der Waals surface area contributed by atoms with Crippen molar-refractivity contribution in [2.75, 3.05) is 13.1 Å². The van der Waals surface area contributed by atoms with Gasteiger partial charge in [-0.25, -0.2) is 9.71 Å². The summed E-state index contributed by atoms with van der Waals surface area (Å²) in [6.07, 6.45) is 2.17. The van der Waals surface area contributed by atoms with Gasteiger partial charge in [-0.15, -0.1) is 0 Å². The van der Waals surface area contributed by atoms with Crippen LogP contribution < -0.4 is 5.32 Å². The number of hydrogen-bond acceptors (Lipinski definition) is 0. The highest BCUT2D eigenvalue weighted by Gasteiger charge is 2.18. The Morgan fingerprint density at radius 2 is 2.15 bits per heavy atom. The van der Waals surface area contributed by atoms with Crippen LogP contribution >= 0.6 is 0 Å². The quantitative estimate of drug-likeness (QED) is 0.626. The summed E-state index contributed by atoms with van der Waals surface area (Å²) in [5.74, 6) is 0.236. The van der Waals surface area contributed by atoms with Crippen molar-refractivity contribution in [3.8, 4) is 0 Å². The average Bonchev–Trinajstić information content (AvgIpc) is 2.20. The number of hydrogen-bond donors (Lipinski definition) is 0. The average molecular weight is 178 g/mol. The van der Waals surface area contributed by atoms with Crippen LogP contribution in [0.5, 0.6) is 0 Å². The van der Waals surface area contributed by atoms with Crippen molar-refractivity contribution in [2.45, 2.75) is 18.8 Å². The minimum absolute atomic E-state index is 0.0791. The van der Waals surface area contributed by atoms with Crippen LogP contribution in [0.3, 0.4) is 0 Å². The van der Waals surface area contributed by atoms with E-state index in [4.69, 9.17) is 0 Å². The maximum Gasteiger partial charge on any atom is 0.126 e. The van der Waals surface area contributed by atoms with Gasteiger partial charge in [0.1, 0.15) is 5.82 Å². The molecule has 0 aromatic heterocycles. The lowest BCUT2D eigenvalue weighted by Crippen LogP contribution is -2.23. The molecule has 2 rings (SSSR count). The van der Waals surface area contributed by atoms with Crippen molar-refractivity contribution in [1.82, 2.24) is 5.32 Å². The van der Waals surface area contributed by atoms with Crippen LogP contribution in [0.15, 0.2) is 24.3 Å². The van der Waals surface area contributed by atoms with Crippen LogP contribution in [0, 0.1) is 5.82 Å². The Kier molecular flexibility index (Phi) is 2.60.